The van der Waals surface area contributed by atoms with Crippen LogP contribution in [-0.2, 0) is 9.59 Å². The first-order chi connectivity index (χ1) is 23.4. The lowest BCUT2D eigenvalue weighted by Crippen LogP contribution is -2.49. The molecule has 0 amide bonds. The normalized spacial score (nSPS) is 13.9. The number of nitrogens with zero attached hydrogens (tertiary/aromatic N) is 3. The molecule has 49 heavy (non-hydrogen) atoms. The molecular formula is C41H72ClFN4O2. The van der Waals surface area contributed by atoms with Gasteiger partial charge in [0, 0.05) is 25.6 Å². The molecule has 8 heteroatoms. The molecule has 1 aliphatic heterocycles. The maximum atomic E-state index is 13.1. The van der Waals surface area contributed by atoms with Crippen LogP contribution in [0, 0.1) is 6.92 Å². The highest BCUT2D eigenvalue weighted by Gasteiger charge is 2.27. The zero-order valence-electron chi connectivity index (χ0n) is 33.7. The third-order valence-corrected chi connectivity index (χ3v) is 8.23. The Morgan fingerprint density at radius 2 is 1.59 bits per heavy atom. The van der Waals surface area contributed by atoms with Gasteiger partial charge in [-0.05, 0) is 96.1 Å². The third-order valence-electron chi connectivity index (χ3n) is 7.85. The van der Waals surface area contributed by atoms with Gasteiger partial charge in [-0.1, -0.05) is 105 Å². The Labute approximate surface area is 306 Å². The summed E-state index contributed by atoms with van der Waals surface area (Å²) < 4.78 is 13.1. The van der Waals surface area contributed by atoms with E-state index in [4.69, 9.17) is 11.6 Å². The number of hydrogen-bond acceptors (Lipinski definition) is 6. The molecule has 1 N–H and O–H groups in total. The van der Waals surface area contributed by atoms with Crippen molar-refractivity contribution in [2.24, 2.45) is 0 Å². The van der Waals surface area contributed by atoms with Crippen LogP contribution in [0.3, 0.4) is 0 Å². The second-order valence-corrected chi connectivity index (χ2v) is 11.8. The minimum Gasteiger partial charge on any atom is -0.351 e. The fourth-order valence-corrected chi connectivity index (χ4v) is 5.31. The van der Waals surface area contributed by atoms with Crippen molar-refractivity contribution in [3.05, 3.63) is 70.5 Å². The molecule has 0 atom stereocenters. The van der Waals surface area contributed by atoms with E-state index in [1.54, 1.807) is 19.2 Å². The minimum absolute atomic E-state index is 0.303. The molecule has 1 fully saturated rings. The summed E-state index contributed by atoms with van der Waals surface area (Å²) in [6, 6.07) is 3.08. The van der Waals surface area contributed by atoms with Crippen LogP contribution in [0.1, 0.15) is 134 Å². The molecule has 1 aromatic heterocycles. The van der Waals surface area contributed by atoms with Gasteiger partial charge in [-0.25, -0.2) is 4.39 Å². The smallest absolute Gasteiger partial charge is 0.244 e. The molecule has 2 heterocycles. The highest BCUT2D eigenvalue weighted by atomic mass is 35.5. The monoisotopic (exact) mass is 707 g/mol. The van der Waals surface area contributed by atoms with Crippen LogP contribution in [0.4, 0.5) is 10.1 Å². The molecule has 0 aliphatic carbocycles. The van der Waals surface area contributed by atoms with Crippen LogP contribution in [0.5, 0.6) is 0 Å². The quantitative estimate of drug-likeness (QED) is 0.111. The van der Waals surface area contributed by atoms with Crippen molar-refractivity contribution in [1.29, 1.82) is 0 Å². The molecule has 1 aromatic rings. The van der Waals surface area contributed by atoms with Gasteiger partial charge >= 0.3 is 0 Å². The maximum Gasteiger partial charge on any atom is 0.244 e. The lowest BCUT2D eigenvalue weighted by Gasteiger charge is -2.42. The lowest BCUT2D eigenvalue weighted by molar-refractivity contribution is -0.133. The summed E-state index contributed by atoms with van der Waals surface area (Å²) in [4.78, 5) is 32.4. The number of ketones is 2. The van der Waals surface area contributed by atoms with Crippen LogP contribution in [0.2, 0.25) is 5.02 Å². The maximum absolute atomic E-state index is 13.1. The standard InChI is InChI=1S/C21H37FN2.C14H17ClN2O2.3C2H6/c1-6-13-24(20(7-2)8-3)21-11-14-23(15-12-21)17-19(16-22)10-9-18(4)5;1-5-8(2)13(14(19)10(4)18)17-11-6-12(15)9(3)16-7-11;3*1-2/h9-10,16,20-21H,4,6-8,11-15,17H2,1-3,5H3;6-7,17H,5H2,1-4H3;3*1-2H3/b10-9-,19-16-;13-8-;;;. The number of pyridine rings is 1. The number of allylic oxidation sites excluding steroid dienone is 4. The Balaban J connectivity index is -0.000000762. The molecule has 0 saturated carbocycles. The number of Topliss-reactive ketones (excluding diaryl/α,β-unsaturated/α-hetero) is 2. The number of anilines is 1. The van der Waals surface area contributed by atoms with Crippen molar-refractivity contribution >= 4 is 28.9 Å². The van der Waals surface area contributed by atoms with E-state index in [1.165, 1.54) is 45.6 Å². The number of carbonyl (C=O) groups is 2. The van der Waals surface area contributed by atoms with Gasteiger partial charge in [0.15, 0.2) is 0 Å². The van der Waals surface area contributed by atoms with E-state index in [1.807, 2.05) is 74.5 Å². The Morgan fingerprint density at radius 3 is 2.00 bits per heavy atom. The van der Waals surface area contributed by atoms with Gasteiger partial charge in [-0.15, -0.1) is 0 Å². The Hall–Kier alpha value is -2.61. The van der Waals surface area contributed by atoms with Crippen LogP contribution < -0.4 is 5.32 Å². The number of hydrogen-bond donors (Lipinski definition) is 1. The van der Waals surface area contributed by atoms with E-state index < -0.39 is 11.6 Å². The third kappa shape index (κ3) is 20.6. The molecule has 2 rings (SSSR count). The van der Waals surface area contributed by atoms with E-state index in [-0.39, 0.29) is 0 Å². The first kappa shape index (κ1) is 50.8. The largest absolute Gasteiger partial charge is 0.351 e. The van der Waals surface area contributed by atoms with Crippen LogP contribution >= 0.6 is 11.6 Å². The number of piperidine rings is 1. The average molecular weight is 708 g/mol. The molecule has 0 spiro atoms. The Kier molecular flexibility index (Phi) is 32.5. The van der Waals surface area contributed by atoms with Gasteiger partial charge in [-0.2, -0.15) is 0 Å². The van der Waals surface area contributed by atoms with Gasteiger partial charge in [0.25, 0.3) is 0 Å². The molecule has 1 saturated heterocycles. The van der Waals surface area contributed by atoms with E-state index >= 15 is 0 Å². The minimum atomic E-state index is -0.531. The van der Waals surface area contributed by atoms with Crippen molar-refractivity contribution in [3.8, 4) is 0 Å². The van der Waals surface area contributed by atoms with Crippen molar-refractivity contribution in [2.45, 2.75) is 148 Å². The molecular weight excluding hydrogens is 635 g/mol. The average Bonchev–Trinajstić information content (AvgIpc) is 3.13. The number of carbonyl (C=O) groups excluding carboxylic acids is 2. The highest BCUT2D eigenvalue weighted by molar-refractivity contribution is 6.43. The van der Waals surface area contributed by atoms with E-state index in [2.05, 4.69) is 47.5 Å². The van der Waals surface area contributed by atoms with Gasteiger partial charge in [0.1, 0.15) is 0 Å². The number of likely N-dealkylation sites (tertiary alicyclic amines) is 1. The summed E-state index contributed by atoms with van der Waals surface area (Å²) in [5, 5.41) is 3.45. The van der Waals surface area contributed by atoms with Crippen molar-refractivity contribution in [1.82, 2.24) is 14.8 Å². The molecule has 6 nitrogen and oxygen atoms in total. The Morgan fingerprint density at radius 1 is 1.04 bits per heavy atom. The zero-order chi connectivity index (χ0) is 38.5. The van der Waals surface area contributed by atoms with E-state index in [0.717, 1.165) is 36.1 Å². The molecule has 1 aliphatic rings. The summed E-state index contributed by atoms with van der Waals surface area (Å²) in [7, 11) is 0. The summed E-state index contributed by atoms with van der Waals surface area (Å²) >= 11 is 5.98. The molecule has 0 radical (unpaired) electrons. The van der Waals surface area contributed by atoms with E-state index in [0.29, 0.717) is 47.2 Å². The van der Waals surface area contributed by atoms with Crippen LogP contribution in [0.25, 0.3) is 0 Å². The zero-order valence-corrected chi connectivity index (χ0v) is 34.5. The molecule has 0 unspecified atom stereocenters. The number of aryl methyl sites for hydroxylation is 1. The Bertz CT molecular complexity index is 1150. The summed E-state index contributed by atoms with van der Waals surface area (Å²) in [6.07, 6.45) is 12.8. The first-order valence-electron chi connectivity index (χ1n) is 18.7. The number of nitrogens with one attached hydrogen (secondary N) is 1. The number of halogens is 2. The summed E-state index contributed by atoms with van der Waals surface area (Å²) in [5.41, 5.74) is 4.11. The van der Waals surface area contributed by atoms with Gasteiger partial charge in [0.2, 0.25) is 11.6 Å². The topological polar surface area (TPSA) is 65.5 Å². The van der Waals surface area contributed by atoms with Crippen molar-refractivity contribution < 1.29 is 14.0 Å². The molecule has 282 valence electrons. The van der Waals surface area contributed by atoms with Crippen LogP contribution in [-0.4, -0.2) is 64.6 Å². The summed E-state index contributed by atoms with van der Waals surface area (Å²) in [5.74, 6) is -1.03. The van der Waals surface area contributed by atoms with Gasteiger partial charge in [0.05, 0.1) is 34.6 Å². The second-order valence-electron chi connectivity index (χ2n) is 11.4. The predicted molar refractivity (Wildman–Crippen MR) is 214 cm³/mol. The number of rotatable bonds is 15. The fraction of sp³-hybridized carbons (Fsp3) is 0.634. The molecule has 0 bridgehead atoms. The lowest BCUT2D eigenvalue weighted by atomic mass is 9.98. The predicted octanol–water partition coefficient (Wildman–Crippen LogP) is 11.7. The van der Waals surface area contributed by atoms with Gasteiger partial charge < -0.3 is 5.32 Å². The van der Waals surface area contributed by atoms with Crippen molar-refractivity contribution in [3.63, 3.8) is 0 Å². The molecule has 0 aromatic carbocycles. The second kappa shape index (κ2) is 31.4. The SMILES string of the molecule is C=C(C)/C=C\C(=C\F)CN1CCC(N(CCC)C(CC)CC)CC1.CC.CC.CC.CC/C(C)=C(\Nc1cnc(C)c(Cl)c1)C(=O)C(C)=O. The van der Waals surface area contributed by atoms with Crippen LogP contribution in [0.15, 0.2) is 59.7 Å². The fourth-order valence-electron chi connectivity index (χ4n) is 5.15. The number of aromatic nitrogens is 1. The van der Waals surface area contributed by atoms with E-state index in [9.17, 15) is 14.0 Å². The first-order valence-corrected chi connectivity index (χ1v) is 19.0. The van der Waals surface area contributed by atoms with Gasteiger partial charge in [-0.3, -0.25) is 24.4 Å². The highest BCUT2D eigenvalue weighted by Crippen LogP contribution is 2.23. The summed E-state index contributed by atoms with van der Waals surface area (Å²) in [6.45, 7) is 35.4. The van der Waals surface area contributed by atoms with Crippen molar-refractivity contribution in [2.75, 3.05) is 31.5 Å².